The third kappa shape index (κ3) is 5.54. The molecule has 0 aliphatic carbocycles. The lowest BCUT2D eigenvalue weighted by Gasteiger charge is -2.03. The number of rotatable bonds is 5. The van der Waals surface area contributed by atoms with Crippen LogP contribution < -0.4 is 4.74 Å². The van der Waals surface area contributed by atoms with Gasteiger partial charge in [-0.2, -0.15) is 0 Å². The maximum absolute atomic E-state index is 11.6. The van der Waals surface area contributed by atoms with Crippen molar-refractivity contribution < 1.29 is 29.3 Å². The fourth-order valence-electron chi connectivity index (χ4n) is 1.88. The van der Waals surface area contributed by atoms with Crippen molar-refractivity contribution in [3.05, 3.63) is 65.7 Å². The van der Waals surface area contributed by atoms with E-state index in [9.17, 15) is 14.7 Å². The quantitative estimate of drug-likeness (QED) is 0.494. The molecule has 2 rings (SSSR count). The fourth-order valence-corrected chi connectivity index (χ4v) is 1.88. The summed E-state index contributed by atoms with van der Waals surface area (Å²) < 4.78 is 9.58. The molecule has 0 bridgehead atoms. The molecule has 0 saturated carbocycles. The van der Waals surface area contributed by atoms with Gasteiger partial charge in [0, 0.05) is 12.2 Å². The third-order valence-electron chi connectivity index (χ3n) is 3.12. The van der Waals surface area contributed by atoms with Gasteiger partial charge in [0.05, 0.1) is 7.11 Å². The van der Waals surface area contributed by atoms with Crippen molar-refractivity contribution in [2.75, 3.05) is 7.11 Å². The number of carbonyl (C=O) groups is 2. The van der Waals surface area contributed by atoms with Gasteiger partial charge in [0.15, 0.2) is 11.5 Å². The Labute approximate surface area is 144 Å². The molecule has 6 nitrogen and oxygen atoms in total. The predicted molar refractivity (Wildman–Crippen MR) is 91.9 cm³/mol. The fraction of sp³-hybridized carbons (Fsp3) is 0.0526. The summed E-state index contributed by atoms with van der Waals surface area (Å²) in [5, 5.41) is 18.7. The van der Waals surface area contributed by atoms with Gasteiger partial charge in [-0.25, -0.2) is 9.59 Å². The highest BCUT2D eigenvalue weighted by Crippen LogP contribution is 2.26. The molecule has 0 aliphatic rings. The van der Waals surface area contributed by atoms with E-state index in [4.69, 9.17) is 9.84 Å². The zero-order valence-electron chi connectivity index (χ0n) is 13.4. The number of aromatic hydroxyl groups is 2. The Balaban J connectivity index is 1.92. The van der Waals surface area contributed by atoms with Crippen LogP contribution in [0.4, 0.5) is 0 Å². The second-order valence-electron chi connectivity index (χ2n) is 4.93. The van der Waals surface area contributed by atoms with Gasteiger partial charge in [-0.15, -0.1) is 0 Å². The molecular weight excluding hydrogens is 324 g/mol. The highest BCUT2D eigenvalue weighted by Gasteiger charge is 2.05. The minimum Gasteiger partial charge on any atom is -0.508 e. The number of esters is 2. The van der Waals surface area contributed by atoms with Crippen molar-refractivity contribution in [1.29, 1.82) is 0 Å². The largest absolute Gasteiger partial charge is 0.508 e. The van der Waals surface area contributed by atoms with Crippen LogP contribution in [-0.4, -0.2) is 29.3 Å². The number of hydrogen-bond donors (Lipinski definition) is 2. The predicted octanol–water partition coefficient (Wildman–Crippen LogP) is 2.90. The Morgan fingerprint density at radius 2 is 1.44 bits per heavy atom. The van der Waals surface area contributed by atoms with Crippen molar-refractivity contribution in [3.63, 3.8) is 0 Å². The summed E-state index contributed by atoms with van der Waals surface area (Å²) in [4.78, 5) is 23.2. The van der Waals surface area contributed by atoms with E-state index in [0.717, 1.165) is 12.2 Å². The molecule has 6 heteroatoms. The summed E-state index contributed by atoms with van der Waals surface area (Å²) in [7, 11) is 1.41. The normalized spacial score (nSPS) is 10.9. The van der Waals surface area contributed by atoms with Crippen LogP contribution in [-0.2, 0) is 14.3 Å². The van der Waals surface area contributed by atoms with Gasteiger partial charge < -0.3 is 19.7 Å². The molecule has 2 aromatic rings. The van der Waals surface area contributed by atoms with Crippen LogP contribution in [0.1, 0.15) is 11.1 Å². The monoisotopic (exact) mass is 340 g/mol. The summed E-state index contributed by atoms with van der Waals surface area (Å²) >= 11 is 0. The Morgan fingerprint density at radius 3 is 2.04 bits per heavy atom. The molecule has 0 atom stereocenters. The standard InChI is InChI=1S/C19H16O6/c1-24-17-12-14(4-9-16(17)21)6-11-19(23)25-18(22)10-5-13-2-7-15(20)8-3-13/h2-12,20-21H,1H3/b10-5+,11-6?. The van der Waals surface area contributed by atoms with Crippen LogP contribution in [0.25, 0.3) is 12.2 Å². The van der Waals surface area contributed by atoms with Crippen LogP contribution in [0, 0.1) is 0 Å². The molecule has 0 fully saturated rings. The SMILES string of the molecule is COc1cc(C=CC(=O)OC(=O)/C=C/c2ccc(O)cc2)ccc1O. The summed E-state index contributed by atoms with van der Waals surface area (Å²) in [6, 6.07) is 10.7. The lowest BCUT2D eigenvalue weighted by Crippen LogP contribution is -2.06. The van der Waals surface area contributed by atoms with Crippen LogP contribution in [0.2, 0.25) is 0 Å². The summed E-state index contributed by atoms with van der Waals surface area (Å²) in [5.74, 6) is -1.27. The van der Waals surface area contributed by atoms with E-state index in [1.54, 1.807) is 18.2 Å². The Morgan fingerprint density at radius 1 is 0.880 bits per heavy atom. The Bertz CT molecular complexity index is 818. The van der Waals surface area contributed by atoms with Crippen LogP contribution in [0.15, 0.2) is 54.6 Å². The molecule has 0 radical (unpaired) electrons. The lowest BCUT2D eigenvalue weighted by molar-refractivity contribution is -0.152. The van der Waals surface area contributed by atoms with E-state index < -0.39 is 11.9 Å². The van der Waals surface area contributed by atoms with E-state index in [0.29, 0.717) is 11.1 Å². The Hall–Kier alpha value is -3.54. The number of methoxy groups -OCH3 is 1. The van der Waals surface area contributed by atoms with Crippen molar-refractivity contribution in [1.82, 2.24) is 0 Å². The zero-order chi connectivity index (χ0) is 18.2. The van der Waals surface area contributed by atoms with Gasteiger partial charge in [0.1, 0.15) is 5.75 Å². The molecule has 2 N–H and O–H groups in total. The molecule has 0 aliphatic heterocycles. The summed E-state index contributed by atoms with van der Waals surface area (Å²) in [6.07, 6.45) is 5.10. The van der Waals surface area contributed by atoms with E-state index in [1.807, 2.05) is 0 Å². The molecule has 25 heavy (non-hydrogen) atoms. The first-order valence-corrected chi connectivity index (χ1v) is 7.26. The molecule has 2 aromatic carbocycles. The van der Waals surface area contributed by atoms with Gasteiger partial charge in [0.25, 0.3) is 0 Å². The van der Waals surface area contributed by atoms with Crippen molar-refractivity contribution in [2.24, 2.45) is 0 Å². The van der Waals surface area contributed by atoms with Crippen molar-refractivity contribution in [2.45, 2.75) is 0 Å². The number of ether oxygens (including phenoxy) is 2. The molecule has 0 heterocycles. The van der Waals surface area contributed by atoms with Crippen LogP contribution in [0.5, 0.6) is 17.2 Å². The first-order chi connectivity index (χ1) is 12.0. The summed E-state index contributed by atoms with van der Waals surface area (Å²) in [5.41, 5.74) is 1.27. The molecule has 0 unspecified atom stereocenters. The first-order valence-electron chi connectivity index (χ1n) is 7.26. The molecular formula is C19H16O6. The van der Waals surface area contributed by atoms with Crippen molar-refractivity contribution in [3.8, 4) is 17.2 Å². The first kappa shape index (κ1) is 17.8. The van der Waals surface area contributed by atoms with E-state index in [-0.39, 0.29) is 17.2 Å². The topological polar surface area (TPSA) is 93.1 Å². The average molecular weight is 340 g/mol. The Kier molecular flexibility index (Phi) is 5.95. The number of hydrogen-bond acceptors (Lipinski definition) is 6. The molecule has 0 spiro atoms. The molecule has 128 valence electrons. The van der Waals surface area contributed by atoms with E-state index >= 15 is 0 Å². The molecule has 0 amide bonds. The minimum absolute atomic E-state index is 0.0169. The molecule has 0 aromatic heterocycles. The van der Waals surface area contributed by atoms with Gasteiger partial charge in [-0.05, 0) is 47.5 Å². The lowest BCUT2D eigenvalue weighted by atomic mass is 10.2. The second-order valence-corrected chi connectivity index (χ2v) is 4.93. The number of phenols is 2. The van der Waals surface area contributed by atoms with E-state index in [2.05, 4.69) is 4.74 Å². The van der Waals surface area contributed by atoms with Gasteiger partial charge >= 0.3 is 11.9 Å². The third-order valence-corrected chi connectivity index (χ3v) is 3.12. The average Bonchev–Trinajstić information content (AvgIpc) is 2.60. The van der Waals surface area contributed by atoms with Gasteiger partial charge in [0.2, 0.25) is 0 Å². The number of carbonyl (C=O) groups excluding carboxylic acids is 2. The number of benzene rings is 2. The van der Waals surface area contributed by atoms with Gasteiger partial charge in [-0.1, -0.05) is 18.2 Å². The maximum Gasteiger partial charge on any atom is 0.338 e. The van der Waals surface area contributed by atoms with Crippen LogP contribution in [0.3, 0.4) is 0 Å². The van der Waals surface area contributed by atoms with Crippen LogP contribution >= 0.6 is 0 Å². The minimum atomic E-state index is -0.826. The smallest absolute Gasteiger partial charge is 0.338 e. The highest BCUT2D eigenvalue weighted by atomic mass is 16.6. The van der Waals surface area contributed by atoms with Crippen molar-refractivity contribution >= 4 is 24.1 Å². The second kappa shape index (κ2) is 8.35. The highest BCUT2D eigenvalue weighted by molar-refractivity contribution is 5.99. The number of phenolic OH excluding ortho intramolecular Hbond substituents is 2. The van der Waals surface area contributed by atoms with E-state index in [1.165, 1.54) is 43.5 Å². The summed E-state index contributed by atoms with van der Waals surface area (Å²) in [6.45, 7) is 0. The van der Waals surface area contributed by atoms with Gasteiger partial charge in [-0.3, -0.25) is 0 Å². The molecule has 0 saturated heterocycles. The zero-order valence-corrected chi connectivity index (χ0v) is 13.4. The maximum atomic E-state index is 11.6.